The zero-order valence-electron chi connectivity index (χ0n) is 14.5. The van der Waals surface area contributed by atoms with Crippen LogP contribution in [-0.4, -0.2) is 28.5 Å². The molecule has 6 nitrogen and oxygen atoms in total. The molecule has 138 valence electrons. The zero-order valence-corrected chi connectivity index (χ0v) is 14.5. The number of ether oxygens (including phenoxy) is 2. The Kier molecular flexibility index (Phi) is 4.82. The van der Waals surface area contributed by atoms with E-state index in [1.807, 2.05) is 0 Å². The van der Waals surface area contributed by atoms with Crippen LogP contribution in [0, 0.1) is 5.82 Å². The summed E-state index contributed by atoms with van der Waals surface area (Å²) in [5.74, 6) is 0.878. The Morgan fingerprint density at radius 3 is 2.70 bits per heavy atom. The van der Waals surface area contributed by atoms with Crippen LogP contribution in [0.1, 0.15) is 19.3 Å². The molecule has 2 aromatic carbocycles. The van der Waals surface area contributed by atoms with Gasteiger partial charge in [0.1, 0.15) is 29.2 Å². The number of nitrogens with one attached hydrogen (secondary N) is 1. The van der Waals surface area contributed by atoms with Crippen LogP contribution in [0.25, 0.3) is 10.9 Å². The molecule has 2 heterocycles. The summed E-state index contributed by atoms with van der Waals surface area (Å²) in [4.78, 5) is 20.0. The van der Waals surface area contributed by atoms with Crippen LogP contribution < -0.4 is 14.8 Å². The van der Waals surface area contributed by atoms with Crippen LogP contribution in [0.5, 0.6) is 17.4 Å². The molecule has 1 aromatic heterocycles. The first-order chi connectivity index (χ1) is 13.2. The average molecular weight is 367 g/mol. The fraction of sp³-hybridized carbons (Fsp3) is 0.250. The van der Waals surface area contributed by atoms with Gasteiger partial charge in [-0.25, -0.2) is 14.4 Å². The van der Waals surface area contributed by atoms with Gasteiger partial charge in [0, 0.05) is 6.54 Å². The van der Waals surface area contributed by atoms with E-state index in [1.54, 1.807) is 36.4 Å². The summed E-state index contributed by atoms with van der Waals surface area (Å²) >= 11 is 0. The van der Waals surface area contributed by atoms with Crippen LogP contribution in [0.15, 0.2) is 48.8 Å². The van der Waals surface area contributed by atoms with Gasteiger partial charge >= 0.3 is 0 Å². The Morgan fingerprint density at radius 2 is 1.85 bits per heavy atom. The summed E-state index contributed by atoms with van der Waals surface area (Å²) < 4.78 is 25.4. The van der Waals surface area contributed by atoms with Gasteiger partial charge in [-0.1, -0.05) is 6.07 Å². The summed E-state index contributed by atoms with van der Waals surface area (Å²) in [5.41, 5.74) is 0.210. The molecule has 27 heavy (non-hydrogen) atoms. The number of carbonyl (C=O) groups excluding carboxylic acids is 1. The third-order valence-corrected chi connectivity index (χ3v) is 4.38. The van der Waals surface area contributed by atoms with Crippen LogP contribution in [-0.2, 0) is 4.79 Å². The molecule has 0 radical (unpaired) electrons. The number of carbonyl (C=O) groups is 1. The van der Waals surface area contributed by atoms with Gasteiger partial charge in [0.05, 0.1) is 5.39 Å². The maximum absolute atomic E-state index is 13.8. The summed E-state index contributed by atoms with van der Waals surface area (Å²) in [6, 6.07) is 11.5. The minimum absolute atomic E-state index is 0.0812. The highest BCUT2D eigenvalue weighted by molar-refractivity contribution is 5.84. The number of aromatic nitrogens is 2. The quantitative estimate of drug-likeness (QED) is 0.763. The highest BCUT2D eigenvalue weighted by atomic mass is 19.1. The molecule has 0 bridgehead atoms. The molecular weight excluding hydrogens is 349 g/mol. The van der Waals surface area contributed by atoms with E-state index in [4.69, 9.17) is 9.47 Å². The van der Waals surface area contributed by atoms with Gasteiger partial charge in [-0.3, -0.25) is 4.79 Å². The van der Waals surface area contributed by atoms with Gasteiger partial charge in [0.15, 0.2) is 6.10 Å². The second-order valence-corrected chi connectivity index (χ2v) is 6.28. The first-order valence-electron chi connectivity index (χ1n) is 8.82. The van der Waals surface area contributed by atoms with Gasteiger partial charge in [-0.05, 0) is 55.7 Å². The number of rotatable bonds is 4. The van der Waals surface area contributed by atoms with Crippen LogP contribution >= 0.6 is 0 Å². The molecule has 7 heteroatoms. The topological polar surface area (TPSA) is 73.3 Å². The van der Waals surface area contributed by atoms with E-state index in [9.17, 15) is 9.18 Å². The molecule has 4 rings (SSSR count). The van der Waals surface area contributed by atoms with E-state index < -0.39 is 11.9 Å². The van der Waals surface area contributed by atoms with Gasteiger partial charge < -0.3 is 14.8 Å². The fourth-order valence-corrected chi connectivity index (χ4v) is 2.99. The molecule has 3 aromatic rings. The lowest BCUT2D eigenvalue weighted by Gasteiger charge is -2.16. The summed E-state index contributed by atoms with van der Waals surface area (Å²) in [6.45, 7) is 0.693. The third kappa shape index (κ3) is 3.81. The number of hydrogen-bond acceptors (Lipinski definition) is 5. The Bertz CT molecular complexity index is 962. The van der Waals surface area contributed by atoms with Crippen molar-refractivity contribution < 1.29 is 18.7 Å². The predicted octanol–water partition coefficient (Wildman–Crippen LogP) is 3.61. The lowest BCUT2D eigenvalue weighted by Crippen LogP contribution is -2.36. The highest BCUT2D eigenvalue weighted by Crippen LogP contribution is 2.29. The molecule has 1 aliphatic rings. The first kappa shape index (κ1) is 17.2. The lowest BCUT2D eigenvalue weighted by atomic mass is 10.2. The van der Waals surface area contributed by atoms with E-state index in [1.165, 1.54) is 12.4 Å². The number of para-hydroxylation sites is 1. The molecule has 0 spiro atoms. The maximum atomic E-state index is 13.8. The Balaban J connectivity index is 1.50. The molecule has 1 saturated heterocycles. The molecule has 1 unspecified atom stereocenters. The van der Waals surface area contributed by atoms with Gasteiger partial charge in [0.2, 0.25) is 5.88 Å². The SMILES string of the molecule is O=C1NCCCCC1Oc1ccc(Oc2ncnc3c(F)cccc23)cc1. The van der Waals surface area contributed by atoms with Gasteiger partial charge in [-0.2, -0.15) is 0 Å². The molecule has 1 atom stereocenters. The van der Waals surface area contributed by atoms with Crippen molar-refractivity contribution in [3.05, 3.63) is 54.6 Å². The van der Waals surface area contributed by atoms with Crippen LogP contribution in [0.2, 0.25) is 0 Å². The lowest BCUT2D eigenvalue weighted by molar-refractivity contribution is -0.127. The number of benzene rings is 2. The molecule has 1 fully saturated rings. The average Bonchev–Trinajstić information content (AvgIpc) is 2.89. The molecular formula is C20H18FN3O3. The van der Waals surface area contributed by atoms with Crippen molar-refractivity contribution in [3.8, 4) is 17.4 Å². The Morgan fingerprint density at radius 1 is 1.04 bits per heavy atom. The molecule has 1 aliphatic heterocycles. The van der Waals surface area contributed by atoms with E-state index in [0.29, 0.717) is 29.9 Å². The summed E-state index contributed by atoms with van der Waals surface area (Å²) in [7, 11) is 0. The van der Waals surface area contributed by atoms with Crippen molar-refractivity contribution in [1.82, 2.24) is 15.3 Å². The minimum Gasteiger partial charge on any atom is -0.481 e. The van der Waals surface area contributed by atoms with Crippen molar-refractivity contribution in [1.29, 1.82) is 0 Å². The molecule has 0 aliphatic carbocycles. The first-order valence-corrected chi connectivity index (χ1v) is 8.82. The van der Waals surface area contributed by atoms with Crippen molar-refractivity contribution in [3.63, 3.8) is 0 Å². The van der Waals surface area contributed by atoms with Crippen molar-refractivity contribution in [2.24, 2.45) is 0 Å². The number of hydrogen-bond donors (Lipinski definition) is 1. The van der Waals surface area contributed by atoms with Crippen LogP contribution in [0.3, 0.4) is 0 Å². The van der Waals surface area contributed by atoms with Crippen molar-refractivity contribution >= 4 is 16.8 Å². The zero-order chi connectivity index (χ0) is 18.6. The van der Waals surface area contributed by atoms with Gasteiger partial charge in [-0.15, -0.1) is 0 Å². The summed E-state index contributed by atoms with van der Waals surface area (Å²) in [5, 5.41) is 3.34. The maximum Gasteiger partial charge on any atom is 0.261 e. The fourth-order valence-electron chi connectivity index (χ4n) is 2.99. The van der Waals surface area contributed by atoms with Crippen molar-refractivity contribution in [2.45, 2.75) is 25.4 Å². The molecule has 1 amide bonds. The number of amides is 1. The smallest absolute Gasteiger partial charge is 0.261 e. The second kappa shape index (κ2) is 7.57. The summed E-state index contributed by atoms with van der Waals surface area (Å²) in [6.07, 6.45) is 3.40. The van der Waals surface area contributed by atoms with E-state index in [-0.39, 0.29) is 17.3 Å². The largest absolute Gasteiger partial charge is 0.481 e. The monoisotopic (exact) mass is 367 g/mol. The Hall–Kier alpha value is -3.22. The van der Waals surface area contributed by atoms with Crippen molar-refractivity contribution in [2.75, 3.05) is 6.54 Å². The minimum atomic E-state index is -0.479. The van der Waals surface area contributed by atoms with E-state index >= 15 is 0 Å². The second-order valence-electron chi connectivity index (χ2n) is 6.28. The normalized spacial score (nSPS) is 17.2. The molecule has 0 saturated carbocycles. The van der Waals surface area contributed by atoms with Gasteiger partial charge in [0.25, 0.3) is 5.91 Å². The Labute approximate surface area is 155 Å². The highest BCUT2D eigenvalue weighted by Gasteiger charge is 2.22. The van der Waals surface area contributed by atoms with E-state index in [0.717, 1.165) is 12.8 Å². The molecule has 1 N–H and O–H groups in total. The predicted molar refractivity (Wildman–Crippen MR) is 97.3 cm³/mol. The number of halogens is 1. The van der Waals surface area contributed by atoms with Crippen LogP contribution in [0.4, 0.5) is 4.39 Å². The number of fused-ring (bicyclic) bond motifs is 1. The standard InChI is InChI=1S/C20H18FN3O3/c21-16-5-3-4-15-18(16)23-12-24-20(15)27-14-9-7-13(8-10-14)26-17-6-1-2-11-22-19(17)25/h3-5,7-10,12,17H,1-2,6,11H2,(H,22,25). The third-order valence-electron chi connectivity index (χ3n) is 4.38. The van der Waals surface area contributed by atoms with E-state index in [2.05, 4.69) is 15.3 Å². The number of nitrogens with zero attached hydrogens (tertiary/aromatic N) is 2.